The van der Waals surface area contributed by atoms with E-state index >= 15 is 0 Å². The van der Waals surface area contributed by atoms with Crippen molar-refractivity contribution in [3.05, 3.63) is 76.8 Å². The largest absolute Gasteiger partial charge is 0.505 e. The van der Waals surface area contributed by atoms with E-state index in [1.54, 1.807) is 24.3 Å². The van der Waals surface area contributed by atoms with Crippen LogP contribution in [0.25, 0.3) is 10.8 Å². The van der Waals surface area contributed by atoms with E-state index in [2.05, 4.69) is 15.5 Å². The third kappa shape index (κ3) is 5.16. The van der Waals surface area contributed by atoms with Gasteiger partial charge in [0.25, 0.3) is 5.91 Å². The van der Waals surface area contributed by atoms with Gasteiger partial charge in [0.05, 0.1) is 37.6 Å². The predicted molar refractivity (Wildman–Crippen MR) is 144 cm³/mol. The van der Waals surface area contributed by atoms with Crippen molar-refractivity contribution in [3.8, 4) is 23.0 Å². The van der Waals surface area contributed by atoms with Gasteiger partial charge in [0.1, 0.15) is 28.6 Å². The molecule has 0 atom stereocenters. The number of phenols is 1. The number of anilines is 1. The van der Waals surface area contributed by atoms with Crippen molar-refractivity contribution in [2.45, 2.75) is 0 Å². The molecule has 0 aliphatic carbocycles. The lowest BCUT2D eigenvalue weighted by atomic mass is 10.0. The highest BCUT2D eigenvalue weighted by Gasteiger charge is 2.21. The number of nitrogens with zero attached hydrogens (tertiary/aromatic N) is 2. The Hall–Kier alpha value is -4.83. The van der Waals surface area contributed by atoms with Gasteiger partial charge >= 0.3 is 0 Å². The minimum absolute atomic E-state index is 0.0412. The van der Waals surface area contributed by atoms with Gasteiger partial charge in [-0.3, -0.25) is 9.59 Å². The zero-order chi connectivity index (χ0) is 27.4. The van der Waals surface area contributed by atoms with E-state index in [1.165, 1.54) is 57.7 Å². The van der Waals surface area contributed by atoms with Crippen LogP contribution in [0.1, 0.15) is 20.7 Å². The average Bonchev–Trinajstić information content (AvgIpc) is 2.92. The molecule has 4 aromatic rings. The van der Waals surface area contributed by atoms with Gasteiger partial charge in [0.2, 0.25) is 5.91 Å². The van der Waals surface area contributed by atoms with Gasteiger partial charge in [0.15, 0.2) is 5.75 Å². The first-order chi connectivity index (χ1) is 18.3. The molecular weight excluding hydrogens is 512 g/mol. The number of ether oxygens (including phenoxy) is 3. The lowest BCUT2D eigenvalue weighted by molar-refractivity contribution is 0.0997. The van der Waals surface area contributed by atoms with E-state index in [0.717, 1.165) is 0 Å². The average molecular weight is 535 g/mol. The number of benzene rings is 4. The molecule has 11 heteroatoms. The Morgan fingerprint density at radius 1 is 0.895 bits per heavy atom. The molecule has 194 valence electrons. The van der Waals surface area contributed by atoms with Crippen LogP contribution in [0.5, 0.6) is 23.0 Å². The Bertz CT molecular complexity index is 1590. The van der Waals surface area contributed by atoms with Crippen molar-refractivity contribution in [2.24, 2.45) is 16.0 Å². The fourth-order valence-corrected chi connectivity index (χ4v) is 4.01. The molecule has 4 aromatic carbocycles. The summed E-state index contributed by atoms with van der Waals surface area (Å²) in [5.74, 6) is -0.689. The van der Waals surface area contributed by atoms with Crippen LogP contribution in [0.3, 0.4) is 0 Å². The summed E-state index contributed by atoms with van der Waals surface area (Å²) in [6.07, 6.45) is 0. The lowest BCUT2D eigenvalue weighted by Crippen LogP contribution is -2.13. The van der Waals surface area contributed by atoms with Gasteiger partial charge in [-0.2, -0.15) is 0 Å². The van der Waals surface area contributed by atoms with E-state index in [9.17, 15) is 14.7 Å². The predicted octanol–water partition coefficient (Wildman–Crippen LogP) is 5.99. The fraction of sp³-hybridized carbons (Fsp3) is 0.111. The first-order valence-corrected chi connectivity index (χ1v) is 11.5. The van der Waals surface area contributed by atoms with Crippen LogP contribution in [0.2, 0.25) is 5.02 Å². The summed E-state index contributed by atoms with van der Waals surface area (Å²) in [6, 6.07) is 16.0. The Morgan fingerprint density at radius 2 is 1.61 bits per heavy atom. The Balaban J connectivity index is 1.80. The SMILES string of the molecule is COc1cc(OC)c(NC(=O)c2cc3ccccc3c(N=Nc3cc(C(N)=O)ccc3OC)c2O)cc1Cl. The standard InChI is InChI=1S/C27H23ClN4O6/c1-36-21-9-8-15(26(29)34)11-20(21)31-32-24-16-7-5-4-6-14(16)10-17(25(24)33)27(35)30-19-12-18(28)22(37-2)13-23(19)38-3/h4-13,33H,1-3H3,(H2,29,34)(H,30,35). The summed E-state index contributed by atoms with van der Waals surface area (Å²) < 4.78 is 15.8. The summed E-state index contributed by atoms with van der Waals surface area (Å²) in [6.45, 7) is 0. The second-order valence-electron chi connectivity index (χ2n) is 7.93. The van der Waals surface area contributed by atoms with Gasteiger partial charge in [-0.25, -0.2) is 0 Å². The summed E-state index contributed by atoms with van der Waals surface area (Å²) in [5.41, 5.74) is 6.04. The lowest BCUT2D eigenvalue weighted by Gasteiger charge is -2.15. The number of carbonyl (C=O) groups excluding carboxylic acids is 2. The van der Waals surface area contributed by atoms with Crippen molar-refractivity contribution >= 4 is 51.2 Å². The Labute approximate surface area is 222 Å². The fourth-order valence-electron chi connectivity index (χ4n) is 3.76. The molecule has 0 aromatic heterocycles. The number of rotatable bonds is 8. The third-order valence-electron chi connectivity index (χ3n) is 5.68. The van der Waals surface area contributed by atoms with Gasteiger partial charge in [0, 0.05) is 17.0 Å². The minimum atomic E-state index is -0.648. The second kappa shape index (κ2) is 11.1. The van der Waals surface area contributed by atoms with Crippen LogP contribution in [0, 0.1) is 0 Å². The number of fused-ring (bicyclic) bond motifs is 1. The molecule has 38 heavy (non-hydrogen) atoms. The van der Waals surface area contributed by atoms with Crippen molar-refractivity contribution in [2.75, 3.05) is 26.6 Å². The third-order valence-corrected chi connectivity index (χ3v) is 5.98. The maximum atomic E-state index is 13.3. The molecule has 0 aliphatic rings. The van der Waals surface area contributed by atoms with Gasteiger partial charge < -0.3 is 30.4 Å². The molecule has 0 heterocycles. The molecule has 0 saturated carbocycles. The Morgan fingerprint density at radius 3 is 2.29 bits per heavy atom. The summed E-state index contributed by atoms with van der Waals surface area (Å²) in [5, 5.41) is 23.7. The number of primary amides is 1. The van der Waals surface area contributed by atoms with Crippen molar-refractivity contribution < 1.29 is 28.9 Å². The maximum Gasteiger partial charge on any atom is 0.259 e. The van der Waals surface area contributed by atoms with E-state index in [1.807, 2.05) is 0 Å². The van der Waals surface area contributed by atoms with Crippen LogP contribution in [-0.2, 0) is 0 Å². The monoisotopic (exact) mass is 534 g/mol. The number of azo groups is 1. The van der Waals surface area contributed by atoms with Crippen LogP contribution in [0.4, 0.5) is 17.1 Å². The number of carbonyl (C=O) groups is 2. The normalized spacial score (nSPS) is 10.9. The van der Waals surface area contributed by atoms with Crippen LogP contribution >= 0.6 is 11.6 Å². The van der Waals surface area contributed by atoms with Crippen molar-refractivity contribution in [1.82, 2.24) is 0 Å². The molecule has 2 amide bonds. The van der Waals surface area contributed by atoms with Crippen LogP contribution in [0.15, 0.2) is 70.9 Å². The van der Waals surface area contributed by atoms with Gasteiger partial charge in [-0.05, 0) is 35.7 Å². The molecule has 4 rings (SSSR count). The molecule has 0 unspecified atom stereocenters. The van der Waals surface area contributed by atoms with Gasteiger partial charge in [-0.15, -0.1) is 10.2 Å². The number of phenolic OH excluding ortho intramolecular Hbond substituents is 1. The molecule has 0 saturated heterocycles. The number of hydrogen-bond acceptors (Lipinski definition) is 8. The number of hydrogen-bond donors (Lipinski definition) is 3. The van der Waals surface area contributed by atoms with Crippen molar-refractivity contribution in [1.29, 1.82) is 0 Å². The first-order valence-electron chi connectivity index (χ1n) is 11.1. The number of halogens is 1. The van der Waals surface area contributed by atoms with E-state index in [0.29, 0.717) is 28.0 Å². The zero-order valence-corrected chi connectivity index (χ0v) is 21.4. The number of amides is 2. The van der Waals surface area contributed by atoms with Crippen molar-refractivity contribution in [3.63, 3.8) is 0 Å². The number of nitrogens with two attached hydrogens (primary N) is 1. The molecule has 0 spiro atoms. The molecule has 10 nitrogen and oxygen atoms in total. The van der Waals surface area contributed by atoms with Crippen LogP contribution in [-0.4, -0.2) is 38.3 Å². The molecular formula is C27H23ClN4O6. The summed E-state index contributed by atoms with van der Waals surface area (Å²) in [4.78, 5) is 24.9. The highest BCUT2D eigenvalue weighted by Crippen LogP contribution is 2.41. The highest BCUT2D eigenvalue weighted by atomic mass is 35.5. The minimum Gasteiger partial charge on any atom is -0.505 e. The van der Waals surface area contributed by atoms with E-state index < -0.39 is 17.6 Å². The molecule has 0 aliphatic heterocycles. The van der Waals surface area contributed by atoms with E-state index in [-0.39, 0.29) is 33.2 Å². The molecule has 4 N–H and O–H groups in total. The quantitative estimate of drug-likeness (QED) is 0.237. The Kier molecular flexibility index (Phi) is 7.63. The van der Waals surface area contributed by atoms with Gasteiger partial charge in [-0.1, -0.05) is 35.9 Å². The number of methoxy groups -OCH3 is 3. The summed E-state index contributed by atoms with van der Waals surface area (Å²) in [7, 11) is 4.34. The molecule has 0 fully saturated rings. The maximum absolute atomic E-state index is 13.3. The van der Waals surface area contributed by atoms with Crippen LogP contribution < -0.4 is 25.3 Å². The number of nitrogens with one attached hydrogen (secondary N) is 1. The zero-order valence-electron chi connectivity index (χ0n) is 20.6. The number of aromatic hydroxyl groups is 1. The topological polar surface area (TPSA) is 145 Å². The second-order valence-corrected chi connectivity index (χ2v) is 8.34. The first kappa shape index (κ1) is 26.2. The molecule has 0 bridgehead atoms. The highest BCUT2D eigenvalue weighted by molar-refractivity contribution is 6.32. The summed E-state index contributed by atoms with van der Waals surface area (Å²) >= 11 is 6.23. The smallest absolute Gasteiger partial charge is 0.259 e. The van der Waals surface area contributed by atoms with E-state index in [4.69, 9.17) is 31.5 Å². The molecule has 0 radical (unpaired) electrons.